The number of amides is 2. The summed E-state index contributed by atoms with van der Waals surface area (Å²) in [6.45, 7) is 0.786. The van der Waals surface area contributed by atoms with Crippen molar-refractivity contribution in [2.75, 3.05) is 20.1 Å². The lowest BCUT2D eigenvalue weighted by molar-refractivity contribution is -0.121. The van der Waals surface area contributed by atoms with Gasteiger partial charge in [-0.1, -0.05) is 0 Å². The van der Waals surface area contributed by atoms with E-state index in [1.54, 1.807) is 19.2 Å². The first-order chi connectivity index (χ1) is 8.16. The first-order valence-electron chi connectivity index (χ1n) is 5.72. The molecule has 0 unspecified atom stereocenters. The molecule has 0 atom stereocenters. The lowest BCUT2D eigenvalue weighted by Gasteiger charge is -2.15. The second kappa shape index (κ2) is 5.03. The Morgan fingerprint density at radius 3 is 2.88 bits per heavy atom. The van der Waals surface area contributed by atoms with Gasteiger partial charge in [-0.3, -0.25) is 9.59 Å². The summed E-state index contributed by atoms with van der Waals surface area (Å²) in [5, 5.41) is 2.81. The molecule has 0 spiro atoms. The molecule has 0 aromatic carbocycles. The van der Waals surface area contributed by atoms with Gasteiger partial charge in [0.05, 0.1) is 12.8 Å². The van der Waals surface area contributed by atoms with Gasteiger partial charge < -0.3 is 14.6 Å². The Morgan fingerprint density at radius 1 is 1.53 bits per heavy atom. The van der Waals surface area contributed by atoms with Crippen molar-refractivity contribution in [1.82, 2.24) is 10.2 Å². The minimum atomic E-state index is -0.281. The fourth-order valence-electron chi connectivity index (χ4n) is 1.51. The largest absolute Gasteiger partial charge is 0.459 e. The van der Waals surface area contributed by atoms with Gasteiger partial charge in [0.15, 0.2) is 5.76 Å². The van der Waals surface area contributed by atoms with Crippen LogP contribution in [0.15, 0.2) is 22.8 Å². The summed E-state index contributed by atoms with van der Waals surface area (Å²) in [6, 6.07) is 3.23. The fraction of sp³-hybridized carbons (Fsp3) is 0.500. The van der Waals surface area contributed by atoms with E-state index < -0.39 is 0 Å². The van der Waals surface area contributed by atoms with Gasteiger partial charge >= 0.3 is 0 Å². The van der Waals surface area contributed by atoms with Crippen LogP contribution in [-0.4, -0.2) is 36.9 Å². The van der Waals surface area contributed by atoms with E-state index >= 15 is 0 Å². The summed E-state index contributed by atoms with van der Waals surface area (Å²) >= 11 is 0. The van der Waals surface area contributed by atoms with Crippen LogP contribution in [0.5, 0.6) is 0 Å². The summed E-state index contributed by atoms with van der Waals surface area (Å²) in [7, 11) is 1.58. The molecule has 1 N–H and O–H groups in total. The fourth-order valence-corrected chi connectivity index (χ4v) is 1.51. The molecule has 1 aliphatic carbocycles. The van der Waals surface area contributed by atoms with Crippen LogP contribution in [0, 0.1) is 5.92 Å². The van der Waals surface area contributed by atoms with E-state index in [2.05, 4.69) is 5.32 Å². The van der Waals surface area contributed by atoms with E-state index in [0.717, 1.165) is 6.54 Å². The first kappa shape index (κ1) is 11.7. The molecule has 0 saturated heterocycles. The number of nitrogens with one attached hydrogen (secondary N) is 1. The molecule has 1 aromatic heterocycles. The van der Waals surface area contributed by atoms with Crippen LogP contribution in [-0.2, 0) is 4.79 Å². The molecule has 92 valence electrons. The lowest BCUT2D eigenvalue weighted by Crippen LogP contribution is -2.38. The lowest BCUT2D eigenvalue weighted by atomic mass is 10.3. The highest BCUT2D eigenvalue weighted by atomic mass is 16.3. The Morgan fingerprint density at radius 2 is 2.29 bits per heavy atom. The van der Waals surface area contributed by atoms with Crippen LogP contribution in [0.2, 0.25) is 0 Å². The standard InChI is InChI=1S/C12H16N2O3/c1-14(12(16)10-3-2-6-17-10)8-11(15)13-7-9-4-5-9/h2-3,6,9H,4-5,7-8H2,1H3,(H,13,15). The SMILES string of the molecule is CN(CC(=O)NCC1CC1)C(=O)c1ccco1. The average molecular weight is 236 g/mol. The van der Waals surface area contributed by atoms with E-state index in [1.165, 1.54) is 24.0 Å². The molecule has 0 bridgehead atoms. The Kier molecular flexibility index (Phi) is 3.46. The predicted molar refractivity (Wildman–Crippen MR) is 61.4 cm³/mol. The molecular formula is C12H16N2O3. The Hall–Kier alpha value is -1.78. The van der Waals surface area contributed by atoms with Crippen LogP contribution in [0.25, 0.3) is 0 Å². The van der Waals surface area contributed by atoms with E-state index in [4.69, 9.17) is 4.42 Å². The van der Waals surface area contributed by atoms with E-state index in [0.29, 0.717) is 5.92 Å². The third-order valence-electron chi connectivity index (χ3n) is 2.74. The van der Waals surface area contributed by atoms with Crippen molar-refractivity contribution >= 4 is 11.8 Å². The Bertz CT molecular complexity index is 396. The summed E-state index contributed by atoms with van der Waals surface area (Å²) in [5.74, 6) is 0.489. The molecule has 1 aliphatic rings. The van der Waals surface area contributed by atoms with Crippen molar-refractivity contribution in [1.29, 1.82) is 0 Å². The van der Waals surface area contributed by atoms with Gasteiger partial charge in [0, 0.05) is 13.6 Å². The molecule has 0 aliphatic heterocycles. The third-order valence-corrected chi connectivity index (χ3v) is 2.74. The van der Waals surface area contributed by atoms with Crippen molar-refractivity contribution in [2.45, 2.75) is 12.8 Å². The molecule has 5 nitrogen and oxygen atoms in total. The third kappa shape index (κ3) is 3.34. The molecule has 1 heterocycles. The number of hydrogen-bond donors (Lipinski definition) is 1. The number of nitrogens with zero attached hydrogens (tertiary/aromatic N) is 1. The maximum atomic E-state index is 11.7. The van der Waals surface area contributed by atoms with Crippen LogP contribution in [0.4, 0.5) is 0 Å². The Labute approximate surface area is 99.8 Å². The van der Waals surface area contributed by atoms with Crippen LogP contribution >= 0.6 is 0 Å². The van der Waals surface area contributed by atoms with Crippen molar-refractivity contribution < 1.29 is 14.0 Å². The molecule has 2 amide bonds. The summed E-state index contributed by atoms with van der Waals surface area (Å²) in [6.07, 6.45) is 3.83. The van der Waals surface area contributed by atoms with Crippen molar-refractivity contribution in [3.05, 3.63) is 24.2 Å². The van der Waals surface area contributed by atoms with Crippen LogP contribution < -0.4 is 5.32 Å². The zero-order chi connectivity index (χ0) is 12.3. The number of hydrogen-bond acceptors (Lipinski definition) is 3. The first-order valence-corrected chi connectivity index (χ1v) is 5.72. The quantitative estimate of drug-likeness (QED) is 0.825. The molecule has 1 fully saturated rings. The molecule has 2 rings (SSSR count). The topological polar surface area (TPSA) is 62.6 Å². The number of carbonyl (C=O) groups is 2. The van der Waals surface area contributed by atoms with E-state index in [-0.39, 0.29) is 24.1 Å². The van der Waals surface area contributed by atoms with Crippen molar-refractivity contribution in [2.24, 2.45) is 5.92 Å². The highest BCUT2D eigenvalue weighted by Crippen LogP contribution is 2.27. The van der Waals surface area contributed by atoms with Gasteiger partial charge in [-0.05, 0) is 30.9 Å². The number of likely N-dealkylation sites (N-methyl/N-ethyl adjacent to an activating group) is 1. The van der Waals surface area contributed by atoms with Gasteiger partial charge in [-0.2, -0.15) is 0 Å². The van der Waals surface area contributed by atoms with Gasteiger partial charge in [-0.25, -0.2) is 0 Å². The molecule has 5 heteroatoms. The second-order valence-corrected chi connectivity index (χ2v) is 4.39. The monoisotopic (exact) mass is 236 g/mol. The van der Waals surface area contributed by atoms with Crippen molar-refractivity contribution in [3.8, 4) is 0 Å². The van der Waals surface area contributed by atoms with E-state index in [1.807, 2.05) is 0 Å². The van der Waals surface area contributed by atoms with Gasteiger partial charge in [0.2, 0.25) is 5.91 Å². The predicted octanol–water partition coefficient (Wildman–Crippen LogP) is 0.878. The summed E-state index contributed by atoms with van der Waals surface area (Å²) < 4.78 is 4.98. The molecule has 17 heavy (non-hydrogen) atoms. The normalized spacial score (nSPS) is 14.4. The second-order valence-electron chi connectivity index (χ2n) is 4.39. The molecule has 1 aromatic rings. The highest BCUT2D eigenvalue weighted by molar-refractivity contribution is 5.94. The molecular weight excluding hydrogens is 220 g/mol. The van der Waals surface area contributed by atoms with Crippen LogP contribution in [0.1, 0.15) is 23.4 Å². The maximum absolute atomic E-state index is 11.7. The van der Waals surface area contributed by atoms with Crippen LogP contribution in [0.3, 0.4) is 0 Å². The maximum Gasteiger partial charge on any atom is 0.289 e. The molecule has 1 saturated carbocycles. The van der Waals surface area contributed by atoms with E-state index in [9.17, 15) is 9.59 Å². The van der Waals surface area contributed by atoms with Gasteiger partial charge in [-0.15, -0.1) is 0 Å². The summed E-state index contributed by atoms with van der Waals surface area (Å²) in [4.78, 5) is 24.6. The number of furan rings is 1. The Balaban J connectivity index is 1.77. The zero-order valence-electron chi connectivity index (χ0n) is 9.81. The smallest absolute Gasteiger partial charge is 0.289 e. The van der Waals surface area contributed by atoms with Crippen molar-refractivity contribution in [3.63, 3.8) is 0 Å². The zero-order valence-corrected chi connectivity index (χ0v) is 9.81. The van der Waals surface area contributed by atoms with Gasteiger partial charge in [0.25, 0.3) is 5.91 Å². The van der Waals surface area contributed by atoms with Gasteiger partial charge in [0.1, 0.15) is 0 Å². The molecule has 0 radical (unpaired) electrons. The average Bonchev–Trinajstić information content (AvgIpc) is 2.98. The number of rotatable bonds is 5. The number of carbonyl (C=O) groups excluding carboxylic acids is 2. The summed E-state index contributed by atoms with van der Waals surface area (Å²) in [5.41, 5.74) is 0. The minimum absolute atomic E-state index is 0.0618. The highest BCUT2D eigenvalue weighted by Gasteiger charge is 2.22. The minimum Gasteiger partial charge on any atom is -0.459 e.